The summed E-state index contributed by atoms with van der Waals surface area (Å²) in [6.45, 7) is 3.29. The summed E-state index contributed by atoms with van der Waals surface area (Å²) in [5.41, 5.74) is -0.499. The molecule has 1 heterocycles. The van der Waals surface area contributed by atoms with Crippen molar-refractivity contribution in [3.63, 3.8) is 0 Å². The van der Waals surface area contributed by atoms with Crippen LogP contribution in [0.5, 0.6) is 0 Å². The number of halogens is 5. The first kappa shape index (κ1) is 18.5. The fourth-order valence-corrected chi connectivity index (χ4v) is 3.41. The van der Waals surface area contributed by atoms with Crippen LogP contribution in [0.1, 0.15) is 36.4 Å². The van der Waals surface area contributed by atoms with Gasteiger partial charge in [-0.2, -0.15) is 13.2 Å². The molecule has 2 fully saturated rings. The Bertz CT molecular complexity index is 525. The van der Waals surface area contributed by atoms with Gasteiger partial charge in [0.25, 0.3) is 0 Å². The Labute approximate surface area is 139 Å². The van der Waals surface area contributed by atoms with Gasteiger partial charge in [-0.15, -0.1) is 12.4 Å². The summed E-state index contributed by atoms with van der Waals surface area (Å²) in [4.78, 5) is 2.21. The molecule has 2 nitrogen and oxygen atoms in total. The molecule has 0 radical (unpaired) electrons. The fourth-order valence-electron chi connectivity index (χ4n) is 3.41. The summed E-state index contributed by atoms with van der Waals surface area (Å²) in [6.07, 6.45) is -1.33. The van der Waals surface area contributed by atoms with Crippen molar-refractivity contribution < 1.29 is 17.6 Å². The van der Waals surface area contributed by atoms with Crippen LogP contribution in [0.4, 0.5) is 17.6 Å². The molecule has 0 aromatic heterocycles. The van der Waals surface area contributed by atoms with Crippen LogP contribution in [-0.4, -0.2) is 31.1 Å². The van der Waals surface area contributed by atoms with Crippen LogP contribution in [-0.2, 0) is 6.18 Å². The third-order valence-electron chi connectivity index (χ3n) is 4.79. The smallest absolute Gasteiger partial charge is 0.314 e. The number of nitrogens with one attached hydrogen (secondary N) is 1. The highest BCUT2D eigenvalue weighted by Gasteiger charge is 2.37. The molecule has 1 saturated carbocycles. The number of rotatable bonds is 3. The van der Waals surface area contributed by atoms with Crippen LogP contribution in [0.3, 0.4) is 0 Å². The van der Waals surface area contributed by atoms with Gasteiger partial charge in [0.05, 0.1) is 5.56 Å². The Morgan fingerprint density at radius 1 is 1.13 bits per heavy atom. The number of piperazine rings is 1. The van der Waals surface area contributed by atoms with Gasteiger partial charge in [-0.05, 0) is 30.9 Å². The van der Waals surface area contributed by atoms with Gasteiger partial charge >= 0.3 is 6.18 Å². The maximum Gasteiger partial charge on any atom is 0.416 e. The van der Waals surface area contributed by atoms with Crippen molar-refractivity contribution in [3.05, 3.63) is 35.1 Å². The van der Waals surface area contributed by atoms with Crippen molar-refractivity contribution in [2.24, 2.45) is 5.92 Å². The minimum absolute atomic E-state index is 0. The topological polar surface area (TPSA) is 15.3 Å². The zero-order valence-corrected chi connectivity index (χ0v) is 13.5. The normalized spacial score (nSPS) is 21.4. The molecule has 1 aromatic rings. The Hall–Kier alpha value is -0.850. The highest BCUT2D eigenvalue weighted by Crippen LogP contribution is 2.43. The van der Waals surface area contributed by atoms with E-state index in [0.29, 0.717) is 17.5 Å². The van der Waals surface area contributed by atoms with Crippen molar-refractivity contribution in [1.29, 1.82) is 0 Å². The Balaban J connectivity index is 0.00000192. The first-order chi connectivity index (χ1) is 10.5. The second-order valence-corrected chi connectivity index (χ2v) is 6.16. The molecule has 2 aliphatic rings. The zero-order valence-electron chi connectivity index (χ0n) is 12.7. The molecule has 1 aliphatic carbocycles. The van der Waals surface area contributed by atoms with Crippen LogP contribution in [0, 0.1) is 11.7 Å². The summed E-state index contributed by atoms with van der Waals surface area (Å²) in [7, 11) is 0. The van der Waals surface area contributed by atoms with Crippen molar-refractivity contribution >= 4 is 12.4 Å². The van der Waals surface area contributed by atoms with Crippen LogP contribution in [0.15, 0.2) is 18.2 Å². The second-order valence-electron chi connectivity index (χ2n) is 6.16. The molecule has 1 saturated heterocycles. The maximum absolute atomic E-state index is 14.4. The van der Waals surface area contributed by atoms with E-state index >= 15 is 0 Å². The lowest BCUT2D eigenvalue weighted by atomic mass is 9.76. The van der Waals surface area contributed by atoms with Gasteiger partial charge in [0, 0.05) is 37.8 Å². The molecule has 1 N–H and O–H groups in total. The van der Waals surface area contributed by atoms with Gasteiger partial charge in [0.2, 0.25) is 0 Å². The minimum Gasteiger partial charge on any atom is -0.314 e. The van der Waals surface area contributed by atoms with E-state index in [1.165, 1.54) is 6.07 Å². The lowest BCUT2D eigenvalue weighted by molar-refractivity contribution is -0.137. The Morgan fingerprint density at radius 3 is 2.26 bits per heavy atom. The van der Waals surface area contributed by atoms with E-state index in [0.717, 1.165) is 51.5 Å². The summed E-state index contributed by atoms with van der Waals surface area (Å²) in [5.74, 6) is -0.380. The molecule has 0 bridgehead atoms. The van der Waals surface area contributed by atoms with Gasteiger partial charge < -0.3 is 5.32 Å². The monoisotopic (exact) mass is 352 g/mol. The van der Waals surface area contributed by atoms with E-state index in [9.17, 15) is 17.6 Å². The highest BCUT2D eigenvalue weighted by molar-refractivity contribution is 5.85. The van der Waals surface area contributed by atoms with Crippen LogP contribution < -0.4 is 5.32 Å². The van der Waals surface area contributed by atoms with Crippen LogP contribution in [0.2, 0.25) is 0 Å². The summed E-state index contributed by atoms with van der Waals surface area (Å²) in [6, 6.07) is 2.89. The zero-order chi connectivity index (χ0) is 15.7. The number of benzene rings is 1. The van der Waals surface area contributed by atoms with E-state index in [1.807, 2.05) is 0 Å². The molecule has 0 amide bonds. The van der Waals surface area contributed by atoms with Gasteiger partial charge in [-0.1, -0.05) is 12.5 Å². The first-order valence-corrected chi connectivity index (χ1v) is 7.78. The second kappa shape index (κ2) is 7.36. The third-order valence-corrected chi connectivity index (χ3v) is 4.79. The van der Waals surface area contributed by atoms with Gasteiger partial charge in [-0.3, -0.25) is 4.90 Å². The molecule has 0 unspecified atom stereocenters. The van der Waals surface area contributed by atoms with E-state index in [4.69, 9.17) is 0 Å². The summed E-state index contributed by atoms with van der Waals surface area (Å²) in [5, 5.41) is 3.26. The first-order valence-electron chi connectivity index (χ1n) is 7.78. The van der Waals surface area contributed by atoms with Crippen molar-refractivity contribution in [3.8, 4) is 0 Å². The largest absolute Gasteiger partial charge is 0.416 e. The van der Waals surface area contributed by atoms with Gasteiger partial charge in [0.1, 0.15) is 5.82 Å². The van der Waals surface area contributed by atoms with E-state index in [-0.39, 0.29) is 18.4 Å². The maximum atomic E-state index is 14.4. The molecule has 23 heavy (non-hydrogen) atoms. The molecular weight excluding hydrogens is 332 g/mol. The number of alkyl halides is 3. The molecule has 1 atom stereocenters. The summed E-state index contributed by atoms with van der Waals surface area (Å²) >= 11 is 0. The molecule has 7 heteroatoms. The number of hydrogen-bond acceptors (Lipinski definition) is 2. The Kier molecular flexibility index (Phi) is 5.92. The molecular formula is C16H21ClF4N2. The van der Waals surface area contributed by atoms with E-state index in [2.05, 4.69) is 10.2 Å². The molecule has 0 spiro atoms. The van der Waals surface area contributed by atoms with Crippen LogP contribution in [0.25, 0.3) is 0 Å². The van der Waals surface area contributed by atoms with Gasteiger partial charge in [-0.25, -0.2) is 4.39 Å². The van der Waals surface area contributed by atoms with Crippen LogP contribution >= 0.6 is 12.4 Å². The van der Waals surface area contributed by atoms with Gasteiger partial charge in [0.15, 0.2) is 0 Å². The molecule has 1 aromatic carbocycles. The molecule has 1 aliphatic heterocycles. The lowest BCUT2D eigenvalue weighted by Crippen LogP contribution is -2.48. The number of nitrogens with zero attached hydrogens (tertiary/aromatic N) is 1. The average molecular weight is 353 g/mol. The quantitative estimate of drug-likeness (QED) is 0.827. The fraction of sp³-hybridized carbons (Fsp3) is 0.625. The predicted molar refractivity (Wildman–Crippen MR) is 83.2 cm³/mol. The molecule has 3 rings (SSSR count). The lowest BCUT2D eigenvalue weighted by Gasteiger charge is -2.43. The van der Waals surface area contributed by atoms with E-state index in [1.54, 1.807) is 0 Å². The van der Waals surface area contributed by atoms with Crippen molar-refractivity contribution in [1.82, 2.24) is 10.2 Å². The average Bonchev–Trinajstić information content (AvgIpc) is 2.43. The Morgan fingerprint density at radius 2 is 1.78 bits per heavy atom. The molecule has 130 valence electrons. The van der Waals surface area contributed by atoms with Crippen molar-refractivity contribution in [2.75, 3.05) is 26.2 Å². The predicted octanol–water partition coefficient (Wildman–Crippen LogP) is 4.01. The standard InChI is InChI=1S/C16H20F4N2.ClH/c17-14-10-12(16(18,19)20)4-5-13(14)15(11-2-1-3-11)22-8-6-21-7-9-22;/h4-5,10-11,15,21H,1-3,6-9H2;1H/t15-;/m0./s1. The van der Waals surface area contributed by atoms with Crippen molar-refractivity contribution in [2.45, 2.75) is 31.5 Å². The third kappa shape index (κ3) is 3.98. The summed E-state index contributed by atoms with van der Waals surface area (Å²) < 4.78 is 52.5. The number of hydrogen-bond donors (Lipinski definition) is 1. The SMILES string of the molecule is Cl.Fc1cc(C(F)(F)F)ccc1[C@H](C1CCC1)N1CCNCC1. The highest BCUT2D eigenvalue weighted by atomic mass is 35.5. The minimum atomic E-state index is -4.50. The van der Waals surface area contributed by atoms with E-state index < -0.39 is 17.6 Å².